The van der Waals surface area contributed by atoms with Gasteiger partial charge in [0.1, 0.15) is 5.75 Å². The van der Waals surface area contributed by atoms with E-state index >= 15 is 0 Å². The van der Waals surface area contributed by atoms with E-state index in [1.165, 1.54) is 7.11 Å². The Bertz CT molecular complexity index is 1590. The smallest absolute Gasteiger partial charge is 0.168 e. The Morgan fingerprint density at radius 2 is 1.27 bits per heavy atom. The molecule has 2 N–H and O–H groups in total. The third-order valence-electron chi connectivity index (χ3n) is 6.05. The van der Waals surface area contributed by atoms with Crippen LogP contribution >= 0.6 is 22.7 Å². The maximum atomic E-state index is 10.8. The number of thiophene rings is 2. The first kappa shape index (κ1) is 29.4. The zero-order chi connectivity index (χ0) is 29.2. The second-order valence-corrected chi connectivity index (χ2v) is 10.5. The largest absolute Gasteiger partial charge is 0.504 e. The Morgan fingerprint density at radius 1 is 0.732 bits per heavy atom. The molecule has 0 atom stereocenters. The molecular weight excluding hydrogens is 558 g/mol. The first-order valence-corrected chi connectivity index (χ1v) is 14.2. The lowest BCUT2D eigenvalue weighted by atomic mass is 10.1. The molecule has 5 rings (SSSR count). The second-order valence-electron chi connectivity index (χ2n) is 8.62. The van der Waals surface area contributed by atoms with E-state index < -0.39 is 0 Å². The highest BCUT2D eigenvalue weighted by atomic mass is 32.1. The number of nitrogens with zero attached hydrogens (tertiary/aromatic N) is 1. The third kappa shape index (κ3) is 7.33. The van der Waals surface area contributed by atoms with E-state index in [1.807, 2.05) is 71.4 Å². The third-order valence-corrected chi connectivity index (χ3v) is 7.89. The number of rotatable bonds is 9. The van der Waals surface area contributed by atoms with Crippen LogP contribution in [-0.4, -0.2) is 44.0 Å². The summed E-state index contributed by atoms with van der Waals surface area (Å²) in [5.74, 6) is 1.56. The number of hydrogen-bond acceptors (Lipinski definition) is 9. The predicted molar refractivity (Wildman–Crippen MR) is 166 cm³/mol. The molecule has 0 fully saturated rings. The second kappa shape index (κ2) is 14.2. The first-order valence-electron chi connectivity index (χ1n) is 12.4. The molecule has 0 saturated carbocycles. The van der Waals surface area contributed by atoms with Crippen molar-refractivity contribution in [3.8, 4) is 49.6 Å². The summed E-state index contributed by atoms with van der Waals surface area (Å²) in [6.45, 7) is 0.523. The zero-order valence-electron chi connectivity index (χ0n) is 22.7. The minimum absolute atomic E-state index is 0.0984. The van der Waals surface area contributed by atoms with Gasteiger partial charge in [0.25, 0.3) is 0 Å². The van der Waals surface area contributed by atoms with Crippen molar-refractivity contribution >= 4 is 35.2 Å². The number of benzene rings is 3. The molecule has 2 heterocycles. The number of ether oxygens (including phenoxy) is 3. The molecule has 0 saturated heterocycles. The highest BCUT2D eigenvalue weighted by Crippen LogP contribution is 2.37. The Balaban J connectivity index is 0.000000208. The molecule has 0 radical (unpaired) electrons. The molecule has 0 aliphatic rings. The molecule has 3 aromatic carbocycles. The monoisotopic (exact) mass is 587 g/mol. The molecule has 0 aliphatic heterocycles. The Hall–Kier alpha value is -4.60. The van der Waals surface area contributed by atoms with Crippen LogP contribution in [-0.2, 0) is 6.54 Å². The molecule has 2 aromatic heterocycles. The maximum Gasteiger partial charge on any atom is 0.168 e. The molecular formula is C32H29NO6S2. The van der Waals surface area contributed by atoms with Gasteiger partial charge in [0.2, 0.25) is 0 Å². The fraction of sp³-hybridized carbons (Fsp3) is 0.125. The van der Waals surface area contributed by atoms with Crippen molar-refractivity contribution in [1.29, 1.82) is 0 Å². The van der Waals surface area contributed by atoms with Gasteiger partial charge in [-0.2, -0.15) is 0 Å². The van der Waals surface area contributed by atoms with E-state index in [0.29, 0.717) is 29.9 Å². The van der Waals surface area contributed by atoms with E-state index in [1.54, 1.807) is 55.2 Å². The van der Waals surface area contributed by atoms with Crippen molar-refractivity contribution in [3.05, 3.63) is 100 Å². The predicted octanol–water partition coefficient (Wildman–Crippen LogP) is 7.70. The van der Waals surface area contributed by atoms with Crippen molar-refractivity contribution in [2.45, 2.75) is 6.54 Å². The van der Waals surface area contributed by atoms with Gasteiger partial charge in [0, 0.05) is 21.5 Å². The summed E-state index contributed by atoms with van der Waals surface area (Å²) in [7, 11) is 4.65. The maximum absolute atomic E-state index is 10.8. The van der Waals surface area contributed by atoms with Gasteiger partial charge in [-0.25, -0.2) is 0 Å². The van der Waals surface area contributed by atoms with Gasteiger partial charge in [-0.15, -0.1) is 22.7 Å². The van der Waals surface area contributed by atoms with Crippen molar-refractivity contribution in [2.24, 2.45) is 4.99 Å². The van der Waals surface area contributed by atoms with Crippen LogP contribution in [0.1, 0.15) is 21.5 Å². The van der Waals surface area contributed by atoms with Crippen LogP contribution in [0.3, 0.4) is 0 Å². The SMILES string of the molecule is COc1cc(-c2cccs2)cc(C=O)c1O.COc1ccc(CN=Cc2cc(-c3cccs3)cc(OC)c2O)cc1. The summed E-state index contributed by atoms with van der Waals surface area (Å²) in [6.07, 6.45) is 2.30. The molecule has 0 amide bonds. The molecule has 210 valence electrons. The number of hydrogen-bond donors (Lipinski definition) is 2. The van der Waals surface area contributed by atoms with Gasteiger partial charge in [-0.05, 0) is 76.0 Å². The molecule has 0 spiro atoms. The van der Waals surface area contributed by atoms with Crippen LogP contribution in [0.25, 0.3) is 20.9 Å². The summed E-state index contributed by atoms with van der Waals surface area (Å²) >= 11 is 3.21. The number of methoxy groups -OCH3 is 3. The summed E-state index contributed by atoms with van der Waals surface area (Å²) in [5, 5.41) is 24.0. The summed E-state index contributed by atoms with van der Waals surface area (Å²) in [5.41, 5.74) is 3.80. The van der Waals surface area contributed by atoms with Gasteiger partial charge in [-0.3, -0.25) is 9.79 Å². The number of carbonyl (C=O) groups excluding carboxylic acids is 1. The van der Waals surface area contributed by atoms with Crippen molar-refractivity contribution in [1.82, 2.24) is 0 Å². The minimum atomic E-state index is -0.113. The van der Waals surface area contributed by atoms with E-state index in [0.717, 1.165) is 32.2 Å². The van der Waals surface area contributed by atoms with Gasteiger partial charge in [0.05, 0.1) is 33.4 Å². The Morgan fingerprint density at radius 3 is 1.73 bits per heavy atom. The van der Waals surface area contributed by atoms with Crippen LogP contribution in [0.4, 0.5) is 0 Å². The molecule has 41 heavy (non-hydrogen) atoms. The lowest BCUT2D eigenvalue weighted by Crippen LogP contribution is -1.91. The first-order chi connectivity index (χ1) is 20.0. The Kier molecular flexibility index (Phi) is 10.1. The molecule has 0 bridgehead atoms. The molecule has 9 heteroatoms. The molecule has 0 unspecified atom stereocenters. The van der Waals surface area contributed by atoms with E-state index in [2.05, 4.69) is 4.99 Å². The van der Waals surface area contributed by atoms with E-state index in [-0.39, 0.29) is 17.1 Å². The number of aldehydes is 1. The average Bonchev–Trinajstić information content (AvgIpc) is 3.74. The van der Waals surface area contributed by atoms with Gasteiger partial charge in [0.15, 0.2) is 29.3 Å². The van der Waals surface area contributed by atoms with Gasteiger partial charge >= 0.3 is 0 Å². The van der Waals surface area contributed by atoms with Gasteiger partial charge in [-0.1, -0.05) is 24.3 Å². The fourth-order valence-electron chi connectivity index (χ4n) is 3.91. The molecule has 7 nitrogen and oxygen atoms in total. The van der Waals surface area contributed by atoms with Crippen LogP contribution in [0.15, 0.2) is 88.5 Å². The normalized spacial score (nSPS) is 10.6. The number of phenolic OH excluding ortho intramolecular Hbond substituents is 2. The minimum Gasteiger partial charge on any atom is -0.504 e. The van der Waals surface area contributed by atoms with Crippen LogP contribution in [0.2, 0.25) is 0 Å². The fourth-order valence-corrected chi connectivity index (χ4v) is 5.34. The lowest BCUT2D eigenvalue weighted by molar-refractivity contribution is 0.112. The zero-order valence-corrected chi connectivity index (χ0v) is 24.4. The number of aliphatic imine (C=N–C) groups is 1. The Labute approximate surface area is 246 Å². The average molecular weight is 588 g/mol. The highest BCUT2D eigenvalue weighted by Gasteiger charge is 2.12. The molecule has 5 aromatic rings. The van der Waals surface area contributed by atoms with Crippen LogP contribution in [0.5, 0.6) is 28.7 Å². The topological polar surface area (TPSA) is 97.6 Å². The number of aromatic hydroxyl groups is 2. The summed E-state index contributed by atoms with van der Waals surface area (Å²) in [4.78, 5) is 17.4. The van der Waals surface area contributed by atoms with Crippen LogP contribution < -0.4 is 14.2 Å². The number of carbonyl (C=O) groups is 1. The van der Waals surface area contributed by atoms with Crippen LogP contribution in [0, 0.1) is 0 Å². The highest BCUT2D eigenvalue weighted by molar-refractivity contribution is 7.13. The lowest BCUT2D eigenvalue weighted by Gasteiger charge is -2.09. The summed E-state index contributed by atoms with van der Waals surface area (Å²) < 4.78 is 15.5. The van der Waals surface area contributed by atoms with Crippen molar-refractivity contribution < 1.29 is 29.2 Å². The summed E-state index contributed by atoms with van der Waals surface area (Å²) in [6, 6.07) is 22.8. The van der Waals surface area contributed by atoms with Crippen molar-refractivity contribution in [2.75, 3.05) is 21.3 Å². The van der Waals surface area contributed by atoms with Crippen molar-refractivity contribution in [3.63, 3.8) is 0 Å². The van der Waals surface area contributed by atoms with Gasteiger partial charge < -0.3 is 24.4 Å². The van der Waals surface area contributed by atoms with E-state index in [4.69, 9.17) is 14.2 Å². The van der Waals surface area contributed by atoms with E-state index in [9.17, 15) is 15.0 Å². The number of phenols is 2. The molecule has 0 aliphatic carbocycles. The quantitative estimate of drug-likeness (QED) is 0.135. The standard InChI is InChI=1S/C20H19NO3S.C12H10O3S/c1-23-17-7-5-14(6-8-17)12-21-13-16-10-15(19-4-3-9-25-19)11-18(24-2)20(16)22;1-15-10-6-8(11-3-2-4-16-11)5-9(7-13)12(10)14/h3-11,13,22H,12H2,1-2H3;2-7,14H,1H3.